The number of rotatable bonds is 4. The van der Waals surface area contributed by atoms with E-state index in [2.05, 4.69) is 55.8 Å². The van der Waals surface area contributed by atoms with Gasteiger partial charge in [-0.05, 0) is 47.7 Å². The molecular weight excluding hydrogens is 282 g/mol. The highest BCUT2D eigenvalue weighted by Gasteiger charge is 2.08. The molecule has 0 bridgehead atoms. The van der Waals surface area contributed by atoms with Crippen LogP contribution < -0.4 is 5.32 Å². The third-order valence-corrected chi connectivity index (χ3v) is 2.80. The van der Waals surface area contributed by atoms with Crippen molar-refractivity contribution in [3.8, 4) is 5.69 Å². The minimum absolute atomic E-state index is 0.662. The second kappa shape index (κ2) is 5.37. The molecule has 0 aliphatic heterocycles. The number of nitrogens with zero attached hydrogens (tertiary/aromatic N) is 4. The molecule has 0 saturated carbocycles. The predicted octanol–water partition coefficient (Wildman–Crippen LogP) is 1.84. The second-order valence-electron chi connectivity index (χ2n) is 3.77. The monoisotopic (exact) mass is 295 g/mol. The molecule has 0 aliphatic rings. The number of tetrazole rings is 1. The third kappa shape index (κ3) is 2.89. The molecule has 0 aliphatic carbocycles. The van der Waals surface area contributed by atoms with Crippen molar-refractivity contribution >= 4 is 15.9 Å². The van der Waals surface area contributed by atoms with Gasteiger partial charge in [0.2, 0.25) is 0 Å². The maximum absolute atomic E-state index is 4.02. The summed E-state index contributed by atoms with van der Waals surface area (Å²) in [5.41, 5.74) is 2.13. The van der Waals surface area contributed by atoms with Crippen molar-refractivity contribution in [2.75, 3.05) is 6.54 Å². The average molecular weight is 296 g/mol. The molecule has 2 rings (SSSR count). The van der Waals surface area contributed by atoms with Crippen LogP contribution in [0.15, 0.2) is 22.7 Å². The molecule has 0 saturated heterocycles. The number of aromatic nitrogens is 4. The van der Waals surface area contributed by atoms with E-state index in [4.69, 9.17) is 0 Å². The zero-order valence-corrected chi connectivity index (χ0v) is 11.4. The van der Waals surface area contributed by atoms with Crippen LogP contribution in [0.4, 0.5) is 0 Å². The van der Waals surface area contributed by atoms with Crippen molar-refractivity contribution in [1.82, 2.24) is 25.5 Å². The van der Waals surface area contributed by atoms with E-state index in [0.717, 1.165) is 22.5 Å². The number of halogens is 1. The fraction of sp³-hybridized carbons (Fsp3) is 0.364. The smallest absolute Gasteiger partial charge is 0.170 e. The molecule has 2 aromatic rings. The molecule has 0 amide bonds. The summed E-state index contributed by atoms with van der Waals surface area (Å²) in [5.74, 6) is 0.810. The zero-order chi connectivity index (χ0) is 12.3. The molecule has 0 radical (unpaired) electrons. The maximum Gasteiger partial charge on any atom is 0.170 e. The topological polar surface area (TPSA) is 55.6 Å². The van der Waals surface area contributed by atoms with E-state index in [1.807, 2.05) is 13.0 Å². The van der Waals surface area contributed by atoms with Crippen molar-refractivity contribution in [3.63, 3.8) is 0 Å². The summed E-state index contributed by atoms with van der Waals surface area (Å²) in [7, 11) is 0. The van der Waals surface area contributed by atoms with E-state index in [1.54, 1.807) is 4.68 Å². The number of hydrogen-bond acceptors (Lipinski definition) is 4. The van der Waals surface area contributed by atoms with Crippen LogP contribution in [0.2, 0.25) is 0 Å². The summed E-state index contributed by atoms with van der Waals surface area (Å²) in [4.78, 5) is 0. The highest BCUT2D eigenvalue weighted by molar-refractivity contribution is 9.10. The fourth-order valence-corrected chi connectivity index (χ4v) is 2.19. The van der Waals surface area contributed by atoms with E-state index in [1.165, 1.54) is 5.56 Å². The molecule has 6 heteroatoms. The molecule has 1 aromatic heterocycles. The Bertz CT molecular complexity index is 488. The van der Waals surface area contributed by atoms with E-state index in [9.17, 15) is 0 Å². The summed E-state index contributed by atoms with van der Waals surface area (Å²) in [6.45, 7) is 5.65. The first-order valence-electron chi connectivity index (χ1n) is 5.46. The largest absolute Gasteiger partial charge is 0.310 e. The summed E-state index contributed by atoms with van der Waals surface area (Å²) in [5, 5.41) is 15.0. The minimum atomic E-state index is 0.662. The Morgan fingerprint density at radius 2 is 2.18 bits per heavy atom. The summed E-state index contributed by atoms with van der Waals surface area (Å²) < 4.78 is 2.78. The van der Waals surface area contributed by atoms with E-state index < -0.39 is 0 Å². The quantitative estimate of drug-likeness (QED) is 0.935. The number of hydrogen-bond donors (Lipinski definition) is 1. The van der Waals surface area contributed by atoms with Crippen molar-refractivity contribution in [3.05, 3.63) is 34.1 Å². The molecule has 0 atom stereocenters. The maximum atomic E-state index is 4.02. The Hall–Kier alpha value is -1.27. The number of aryl methyl sites for hydroxylation is 1. The summed E-state index contributed by atoms with van der Waals surface area (Å²) in [6.07, 6.45) is 0. The standard InChI is InChI=1S/C11H14BrN5/c1-3-13-7-11-14-15-16-17(11)10-5-8(2)4-9(12)6-10/h4-6,13H,3,7H2,1-2H3. The number of nitrogens with one attached hydrogen (secondary N) is 1. The van der Waals surface area contributed by atoms with E-state index >= 15 is 0 Å². The van der Waals surface area contributed by atoms with E-state index in [0.29, 0.717) is 6.54 Å². The molecule has 1 N–H and O–H groups in total. The van der Waals surface area contributed by atoms with Crippen LogP contribution >= 0.6 is 15.9 Å². The lowest BCUT2D eigenvalue weighted by Crippen LogP contribution is -2.16. The van der Waals surface area contributed by atoms with Gasteiger partial charge in [-0.1, -0.05) is 22.9 Å². The Morgan fingerprint density at radius 3 is 2.88 bits per heavy atom. The Morgan fingerprint density at radius 1 is 1.35 bits per heavy atom. The van der Waals surface area contributed by atoms with Gasteiger partial charge in [0.15, 0.2) is 5.82 Å². The first-order valence-corrected chi connectivity index (χ1v) is 6.25. The highest BCUT2D eigenvalue weighted by Crippen LogP contribution is 2.18. The van der Waals surface area contributed by atoms with Gasteiger partial charge < -0.3 is 5.32 Å². The summed E-state index contributed by atoms with van der Waals surface area (Å²) >= 11 is 3.48. The van der Waals surface area contributed by atoms with Gasteiger partial charge in [-0.2, -0.15) is 4.68 Å². The lowest BCUT2D eigenvalue weighted by Gasteiger charge is -2.06. The van der Waals surface area contributed by atoms with Gasteiger partial charge in [-0.25, -0.2) is 0 Å². The normalized spacial score (nSPS) is 10.8. The zero-order valence-electron chi connectivity index (χ0n) is 9.81. The van der Waals surface area contributed by atoms with Gasteiger partial charge in [-0.3, -0.25) is 0 Å². The van der Waals surface area contributed by atoms with Gasteiger partial charge in [-0.15, -0.1) is 5.10 Å². The van der Waals surface area contributed by atoms with Gasteiger partial charge in [0.1, 0.15) is 0 Å². The van der Waals surface area contributed by atoms with Crippen LogP contribution in [0, 0.1) is 6.92 Å². The average Bonchev–Trinajstić information content (AvgIpc) is 2.73. The molecule has 0 spiro atoms. The van der Waals surface area contributed by atoms with Gasteiger partial charge in [0.05, 0.1) is 12.2 Å². The Labute approximate surface area is 108 Å². The molecule has 0 unspecified atom stereocenters. The lowest BCUT2D eigenvalue weighted by atomic mass is 10.2. The molecular formula is C11H14BrN5. The fourth-order valence-electron chi connectivity index (χ4n) is 1.59. The first-order chi connectivity index (χ1) is 8.20. The van der Waals surface area contributed by atoms with Gasteiger partial charge in [0.25, 0.3) is 0 Å². The molecule has 0 fully saturated rings. The molecule has 17 heavy (non-hydrogen) atoms. The van der Waals surface area contributed by atoms with Gasteiger partial charge >= 0.3 is 0 Å². The van der Waals surface area contributed by atoms with Crippen molar-refractivity contribution in [2.24, 2.45) is 0 Å². The molecule has 90 valence electrons. The SMILES string of the molecule is CCNCc1nnnn1-c1cc(C)cc(Br)c1. The predicted molar refractivity (Wildman–Crippen MR) is 69.0 cm³/mol. The number of benzene rings is 1. The van der Waals surface area contributed by atoms with E-state index in [-0.39, 0.29) is 0 Å². The Balaban J connectivity index is 2.35. The highest BCUT2D eigenvalue weighted by atomic mass is 79.9. The second-order valence-corrected chi connectivity index (χ2v) is 4.69. The van der Waals surface area contributed by atoms with Crippen molar-refractivity contribution in [2.45, 2.75) is 20.4 Å². The molecule has 1 aromatic carbocycles. The van der Waals surface area contributed by atoms with Crippen LogP contribution in [0.3, 0.4) is 0 Å². The lowest BCUT2D eigenvalue weighted by molar-refractivity contribution is 0.663. The third-order valence-electron chi connectivity index (χ3n) is 2.34. The van der Waals surface area contributed by atoms with Crippen LogP contribution in [0.5, 0.6) is 0 Å². The van der Waals surface area contributed by atoms with Crippen molar-refractivity contribution in [1.29, 1.82) is 0 Å². The van der Waals surface area contributed by atoms with Crippen LogP contribution in [0.1, 0.15) is 18.3 Å². The van der Waals surface area contributed by atoms with Crippen LogP contribution in [0.25, 0.3) is 5.69 Å². The molecule has 1 heterocycles. The van der Waals surface area contributed by atoms with Crippen molar-refractivity contribution < 1.29 is 0 Å². The minimum Gasteiger partial charge on any atom is -0.310 e. The Kier molecular flexibility index (Phi) is 3.86. The van der Waals surface area contributed by atoms with Gasteiger partial charge in [0, 0.05) is 4.47 Å². The molecule has 5 nitrogen and oxygen atoms in total. The first kappa shape index (κ1) is 12.2. The van der Waals surface area contributed by atoms with Crippen LogP contribution in [-0.2, 0) is 6.54 Å². The summed E-state index contributed by atoms with van der Waals surface area (Å²) in [6, 6.07) is 6.10. The van der Waals surface area contributed by atoms with Crippen LogP contribution in [-0.4, -0.2) is 26.8 Å².